The van der Waals surface area contributed by atoms with Crippen LogP contribution in [0.5, 0.6) is 0 Å². The quantitative estimate of drug-likeness (QED) is 0.148. The van der Waals surface area contributed by atoms with Crippen LogP contribution in [0.1, 0.15) is 92.4 Å². The fourth-order valence-corrected chi connectivity index (χ4v) is 41.1. The topological polar surface area (TPSA) is 0 Å². The zero-order valence-electron chi connectivity index (χ0n) is 29.9. The molecule has 2 heteroatoms. The van der Waals surface area contributed by atoms with Gasteiger partial charge < -0.3 is 0 Å². The summed E-state index contributed by atoms with van der Waals surface area (Å²) in [6.07, 6.45) is 7.81. The van der Waals surface area contributed by atoms with Crippen molar-refractivity contribution >= 4 is 18.1 Å². The third kappa shape index (κ3) is 5.66. The third-order valence-electron chi connectivity index (χ3n) is 11.7. The first-order chi connectivity index (χ1) is 22.1. The number of aryl methyl sites for hydroxylation is 2. The molecule has 6 rings (SSSR count). The maximum absolute atomic E-state index is 2.73. The Kier molecular flexibility index (Phi) is 9.80. The van der Waals surface area contributed by atoms with Crippen molar-refractivity contribution in [3.8, 4) is 22.3 Å². The van der Waals surface area contributed by atoms with E-state index in [2.05, 4.69) is 153 Å². The fourth-order valence-electron chi connectivity index (χ4n) is 8.31. The van der Waals surface area contributed by atoms with E-state index in [9.17, 15) is 0 Å². The molecule has 0 nitrogen and oxygen atoms in total. The van der Waals surface area contributed by atoms with Gasteiger partial charge in [0.15, 0.2) is 0 Å². The van der Waals surface area contributed by atoms with Crippen LogP contribution in [0.4, 0.5) is 0 Å². The molecule has 237 valence electrons. The minimum atomic E-state index is -2.49. The molecular formula is C44H53HfSi. The van der Waals surface area contributed by atoms with Gasteiger partial charge in [0.05, 0.1) is 0 Å². The van der Waals surface area contributed by atoms with Crippen LogP contribution in [0, 0.1) is 39.5 Å². The molecule has 4 unspecified atom stereocenters. The Bertz CT molecular complexity index is 1710. The van der Waals surface area contributed by atoms with Gasteiger partial charge in [0.2, 0.25) is 0 Å². The SMILES string of the molecule is CCC(C)C1=Cc2c(-c3cccc(C)c3C)cccc2[CH]1[Hf]([CH]1C(C(C)CC)=Cc2c(-c3cccc(C)c3C)cccc21)[SiH](C)C. The van der Waals surface area contributed by atoms with Gasteiger partial charge in [-0.1, -0.05) is 0 Å². The molecule has 2 aliphatic carbocycles. The fraction of sp³-hybridized carbons (Fsp3) is 0.364. The Morgan fingerprint density at radius 1 is 0.565 bits per heavy atom. The van der Waals surface area contributed by atoms with E-state index >= 15 is 0 Å². The molecule has 0 heterocycles. The Hall–Kier alpha value is -2.55. The molecule has 0 saturated heterocycles. The van der Waals surface area contributed by atoms with Crippen molar-refractivity contribution < 1.29 is 20.6 Å². The summed E-state index contributed by atoms with van der Waals surface area (Å²) in [7, 11) is 0. The first-order valence-corrected chi connectivity index (χ1v) is 31.0. The molecule has 4 aromatic carbocycles. The molecule has 0 radical (unpaired) electrons. The number of hydrogen-bond donors (Lipinski definition) is 0. The molecule has 2 aliphatic rings. The normalized spacial score (nSPS) is 18.2. The van der Waals surface area contributed by atoms with Gasteiger partial charge in [-0.3, -0.25) is 0 Å². The van der Waals surface area contributed by atoms with Crippen LogP contribution in [0.25, 0.3) is 34.4 Å². The van der Waals surface area contributed by atoms with E-state index in [0.29, 0.717) is 19.2 Å². The Balaban J connectivity index is 1.57. The van der Waals surface area contributed by atoms with Gasteiger partial charge in [0, 0.05) is 0 Å². The molecule has 0 amide bonds. The molecular weight excluding hydrogens is 735 g/mol. The maximum atomic E-state index is 2.73. The van der Waals surface area contributed by atoms with Crippen molar-refractivity contribution in [2.75, 3.05) is 0 Å². The standard InChI is InChI=1S/2C21H23.C2H7Si.Hf/c2*1-5-14(2)18-12-17-9-7-11-20(21(17)13-18)19-10-6-8-15(3)16(19)4;1-3-2;/h2*6-14H,5H2,1-4H3;3H,1-2H3;. The molecule has 0 saturated carbocycles. The van der Waals surface area contributed by atoms with Gasteiger partial charge in [-0.2, -0.15) is 0 Å². The first-order valence-electron chi connectivity index (χ1n) is 17.8. The van der Waals surface area contributed by atoms with Crippen LogP contribution in [0.3, 0.4) is 0 Å². The zero-order chi connectivity index (χ0) is 32.9. The molecule has 4 aromatic rings. The second kappa shape index (κ2) is 13.5. The van der Waals surface area contributed by atoms with Gasteiger partial charge in [-0.15, -0.1) is 0 Å². The molecule has 0 fully saturated rings. The molecule has 0 spiro atoms. The molecule has 0 aromatic heterocycles. The molecule has 4 atom stereocenters. The second-order valence-electron chi connectivity index (χ2n) is 14.5. The van der Waals surface area contributed by atoms with Crippen LogP contribution in [0.15, 0.2) is 83.9 Å². The van der Waals surface area contributed by atoms with Crippen molar-refractivity contribution in [2.45, 2.75) is 88.7 Å². The number of benzene rings is 4. The summed E-state index contributed by atoms with van der Waals surface area (Å²) in [5, 5.41) is 0. The van der Waals surface area contributed by atoms with Crippen LogP contribution in [-0.4, -0.2) is 5.98 Å². The average Bonchev–Trinajstić information content (AvgIpc) is 3.63. The van der Waals surface area contributed by atoms with Crippen LogP contribution < -0.4 is 0 Å². The van der Waals surface area contributed by atoms with E-state index in [1.807, 2.05) is 0 Å². The van der Waals surface area contributed by atoms with Crippen LogP contribution in [0.2, 0.25) is 13.1 Å². The molecule has 0 N–H and O–H groups in total. The average molecular weight is 788 g/mol. The zero-order valence-corrected chi connectivity index (χ0v) is 34.6. The van der Waals surface area contributed by atoms with E-state index < -0.39 is 26.6 Å². The van der Waals surface area contributed by atoms with Gasteiger partial charge in [-0.05, 0) is 0 Å². The number of allylic oxidation sites excluding steroid dienone is 2. The summed E-state index contributed by atoms with van der Waals surface area (Å²) < 4.78 is 1.33. The number of hydrogen-bond acceptors (Lipinski definition) is 0. The van der Waals surface area contributed by atoms with Crippen molar-refractivity contribution in [1.82, 2.24) is 0 Å². The molecule has 46 heavy (non-hydrogen) atoms. The summed E-state index contributed by atoms with van der Waals surface area (Å²) in [6.45, 7) is 24.4. The van der Waals surface area contributed by atoms with Crippen molar-refractivity contribution in [3.05, 3.63) is 128 Å². The van der Waals surface area contributed by atoms with Gasteiger partial charge >= 0.3 is 290 Å². The predicted octanol–water partition coefficient (Wildman–Crippen LogP) is 12.5. The summed E-state index contributed by atoms with van der Waals surface area (Å²) in [6, 6.07) is 28.4. The van der Waals surface area contributed by atoms with E-state index in [1.165, 1.54) is 68.5 Å². The Labute approximate surface area is 288 Å². The monoisotopic (exact) mass is 789 g/mol. The van der Waals surface area contributed by atoms with Crippen molar-refractivity contribution in [1.29, 1.82) is 0 Å². The number of fused-ring (bicyclic) bond motifs is 2. The number of rotatable bonds is 9. The van der Waals surface area contributed by atoms with E-state index in [4.69, 9.17) is 0 Å². The minimum absolute atomic E-state index is 0.606. The van der Waals surface area contributed by atoms with E-state index in [1.54, 1.807) is 22.3 Å². The second-order valence-corrected chi connectivity index (χ2v) is 42.5. The van der Waals surface area contributed by atoms with Crippen molar-refractivity contribution in [3.63, 3.8) is 0 Å². The summed E-state index contributed by atoms with van der Waals surface area (Å²) in [5.74, 6) is 0.238. The third-order valence-corrected chi connectivity index (χ3v) is 42.3. The van der Waals surface area contributed by atoms with E-state index in [0.717, 1.165) is 0 Å². The summed E-state index contributed by atoms with van der Waals surface area (Å²) in [5.41, 5.74) is 21.2. The van der Waals surface area contributed by atoms with Crippen LogP contribution >= 0.6 is 0 Å². The molecule has 0 bridgehead atoms. The Morgan fingerprint density at radius 3 is 1.30 bits per heavy atom. The predicted molar refractivity (Wildman–Crippen MR) is 202 cm³/mol. The molecule has 0 aliphatic heterocycles. The first kappa shape index (κ1) is 33.4. The summed E-state index contributed by atoms with van der Waals surface area (Å²) in [4.78, 5) is 0. The van der Waals surface area contributed by atoms with Gasteiger partial charge in [-0.25, -0.2) is 0 Å². The van der Waals surface area contributed by atoms with E-state index in [-0.39, 0.29) is 0 Å². The van der Waals surface area contributed by atoms with Gasteiger partial charge in [0.1, 0.15) is 0 Å². The van der Waals surface area contributed by atoms with Crippen molar-refractivity contribution in [2.24, 2.45) is 11.8 Å². The summed E-state index contributed by atoms with van der Waals surface area (Å²) >= 11 is -2.49. The van der Waals surface area contributed by atoms with Gasteiger partial charge in [0.25, 0.3) is 0 Å². The van der Waals surface area contributed by atoms with Crippen LogP contribution in [-0.2, 0) is 20.6 Å². The Morgan fingerprint density at radius 2 is 0.935 bits per heavy atom.